The lowest BCUT2D eigenvalue weighted by molar-refractivity contribution is 0.0980. The quantitative estimate of drug-likeness (QED) is 0.781. The molecule has 0 spiro atoms. The van der Waals surface area contributed by atoms with Gasteiger partial charge in [0.1, 0.15) is 11.5 Å². The molecule has 1 aromatic heterocycles. The van der Waals surface area contributed by atoms with Gasteiger partial charge in [0.05, 0.1) is 5.56 Å². The van der Waals surface area contributed by atoms with E-state index in [9.17, 15) is 4.79 Å². The Morgan fingerprint density at radius 2 is 2.05 bits per heavy atom. The number of anilines is 1. The predicted octanol–water partition coefficient (Wildman–Crippen LogP) is 3.49. The fourth-order valence-corrected chi connectivity index (χ4v) is 2.85. The largest absolute Gasteiger partial charge is 0.466 e. The van der Waals surface area contributed by atoms with Gasteiger partial charge >= 0.3 is 0 Å². The third-order valence-electron chi connectivity index (χ3n) is 3.70. The highest BCUT2D eigenvalue weighted by atomic mass is 16.3. The number of hydrogen-bond donors (Lipinski definition) is 0. The number of benzene rings is 1. The maximum absolute atomic E-state index is 12.7. The Balaban J connectivity index is 2.03. The molecule has 0 fully saturated rings. The number of carbonyl (C=O) groups is 1. The van der Waals surface area contributed by atoms with Crippen LogP contribution in [0.2, 0.25) is 0 Å². The smallest absolute Gasteiger partial charge is 0.262 e. The Morgan fingerprint density at radius 1 is 1.32 bits per heavy atom. The minimum Gasteiger partial charge on any atom is -0.466 e. The van der Waals surface area contributed by atoms with Crippen molar-refractivity contribution in [3.8, 4) is 0 Å². The second-order valence-electron chi connectivity index (χ2n) is 5.18. The van der Waals surface area contributed by atoms with Gasteiger partial charge in [-0.15, -0.1) is 0 Å². The molecular formula is C16H17NO2. The lowest BCUT2D eigenvalue weighted by atomic mass is 10.1. The number of fused-ring (bicyclic) bond motifs is 1. The van der Waals surface area contributed by atoms with Crippen molar-refractivity contribution >= 4 is 11.6 Å². The summed E-state index contributed by atoms with van der Waals surface area (Å²) in [6.07, 6.45) is 0.914. The summed E-state index contributed by atoms with van der Waals surface area (Å²) < 4.78 is 5.47. The average molecular weight is 255 g/mol. The van der Waals surface area contributed by atoms with Crippen molar-refractivity contribution in [1.29, 1.82) is 0 Å². The molecule has 1 aromatic carbocycles. The van der Waals surface area contributed by atoms with Crippen LogP contribution in [0.3, 0.4) is 0 Å². The number of carbonyl (C=O) groups excluding carboxylic acids is 1. The Morgan fingerprint density at radius 3 is 2.74 bits per heavy atom. The molecule has 0 saturated heterocycles. The molecule has 1 unspecified atom stereocenters. The van der Waals surface area contributed by atoms with Gasteiger partial charge in [-0.2, -0.15) is 0 Å². The lowest BCUT2D eigenvalue weighted by Crippen LogP contribution is -2.35. The zero-order chi connectivity index (χ0) is 13.6. The summed E-state index contributed by atoms with van der Waals surface area (Å²) >= 11 is 0. The van der Waals surface area contributed by atoms with Crippen molar-refractivity contribution in [2.75, 3.05) is 4.90 Å². The van der Waals surface area contributed by atoms with E-state index >= 15 is 0 Å². The van der Waals surface area contributed by atoms with Crippen LogP contribution in [-0.4, -0.2) is 11.9 Å². The summed E-state index contributed by atoms with van der Waals surface area (Å²) in [7, 11) is 0. The van der Waals surface area contributed by atoms with Crippen molar-refractivity contribution < 1.29 is 9.21 Å². The first-order chi connectivity index (χ1) is 9.08. The number of para-hydroxylation sites is 1. The van der Waals surface area contributed by atoms with E-state index in [1.165, 1.54) is 5.56 Å². The molecule has 98 valence electrons. The zero-order valence-corrected chi connectivity index (χ0v) is 11.4. The topological polar surface area (TPSA) is 33.5 Å². The van der Waals surface area contributed by atoms with Crippen molar-refractivity contribution in [2.24, 2.45) is 0 Å². The molecule has 3 rings (SSSR count). The molecule has 3 nitrogen and oxygen atoms in total. The van der Waals surface area contributed by atoms with E-state index in [1.807, 2.05) is 43.0 Å². The number of furan rings is 1. The van der Waals surface area contributed by atoms with E-state index < -0.39 is 0 Å². The molecule has 1 aliphatic heterocycles. The molecule has 0 radical (unpaired) electrons. The van der Waals surface area contributed by atoms with Gasteiger partial charge in [0.15, 0.2) is 0 Å². The Hall–Kier alpha value is -2.03. The number of aryl methyl sites for hydroxylation is 2. The predicted molar refractivity (Wildman–Crippen MR) is 74.6 cm³/mol. The van der Waals surface area contributed by atoms with Gasteiger partial charge in [0.25, 0.3) is 5.91 Å². The van der Waals surface area contributed by atoms with Gasteiger partial charge < -0.3 is 9.32 Å². The van der Waals surface area contributed by atoms with E-state index in [4.69, 9.17) is 4.42 Å². The molecule has 0 N–H and O–H groups in total. The summed E-state index contributed by atoms with van der Waals surface area (Å²) in [6.45, 7) is 5.79. The van der Waals surface area contributed by atoms with Crippen molar-refractivity contribution in [2.45, 2.75) is 33.2 Å². The lowest BCUT2D eigenvalue weighted by Gasteiger charge is -2.22. The molecule has 2 heterocycles. The first-order valence-corrected chi connectivity index (χ1v) is 6.56. The summed E-state index contributed by atoms with van der Waals surface area (Å²) in [6, 6.07) is 10.1. The normalized spacial score (nSPS) is 17.6. The van der Waals surface area contributed by atoms with Gasteiger partial charge in [0.2, 0.25) is 0 Å². The minimum absolute atomic E-state index is 0.0341. The molecule has 2 aromatic rings. The molecule has 1 atom stereocenters. The van der Waals surface area contributed by atoms with Gasteiger partial charge in [0, 0.05) is 11.7 Å². The van der Waals surface area contributed by atoms with Crippen LogP contribution in [0, 0.1) is 13.8 Å². The van der Waals surface area contributed by atoms with Crippen LogP contribution >= 0.6 is 0 Å². The average Bonchev–Trinajstić information content (AvgIpc) is 2.87. The zero-order valence-electron chi connectivity index (χ0n) is 11.4. The summed E-state index contributed by atoms with van der Waals surface area (Å²) in [4.78, 5) is 14.6. The Bertz CT molecular complexity index is 642. The fraction of sp³-hybridized carbons (Fsp3) is 0.312. The molecule has 0 bridgehead atoms. The molecule has 19 heavy (non-hydrogen) atoms. The number of rotatable bonds is 1. The second kappa shape index (κ2) is 4.26. The van der Waals surface area contributed by atoms with Crippen LogP contribution in [-0.2, 0) is 6.42 Å². The number of amides is 1. The van der Waals surface area contributed by atoms with Crippen LogP contribution in [0.4, 0.5) is 5.69 Å². The SMILES string of the molecule is Cc1cc(C(=O)N2c3ccccc3CC2C)c(C)o1. The third-order valence-corrected chi connectivity index (χ3v) is 3.70. The van der Waals surface area contributed by atoms with Crippen LogP contribution < -0.4 is 4.90 Å². The van der Waals surface area contributed by atoms with Crippen molar-refractivity contribution in [3.05, 3.63) is 53.0 Å². The second-order valence-corrected chi connectivity index (χ2v) is 5.18. The first kappa shape index (κ1) is 12.0. The fourth-order valence-electron chi connectivity index (χ4n) is 2.85. The van der Waals surface area contributed by atoms with E-state index in [1.54, 1.807) is 0 Å². The Kier molecular flexibility index (Phi) is 2.70. The van der Waals surface area contributed by atoms with E-state index in [-0.39, 0.29) is 11.9 Å². The third kappa shape index (κ3) is 1.86. The molecule has 0 saturated carbocycles. The highest BCUT2D eigenvalue weighted by Gasteiger charge is 2.32. The Labute approximate surface area is 112 Å². The molecule has 0 aliphatic carbocycles. The number of nitrogens with zero attached hydrogens (tertiary/aromatic N) is 1. The minimum atomic E-state index is 0.0341. The maximum Gasteiger partial charge on any atom is 0.262 e. The summed E-state index contributed by atoms with van der Waals surface area (Å²) in [5.74, 6) is 1.51. The van der Waals surface area contributed by atoms with E-state index in [0.29, 0.717) is 11.3 Å². The van der Waals surface area contributed by atoms with E-state index in [2.05, 4.69) is 13.0 Å². The molecule has 1 aliphatic rings. The van der Waals surface area contributed by atoms with Crippen molar-refractivity contribution in [3.63, 3.8) is 0 Å². The van der Waals surface area contributed by atoms with E-state index in [0.717, 1.165) is 17.9 Å². The van der Waals surface area contributed by atoms with Crippen molar-refractivity contribution in [1.82, 2.24) is 0 Å². The molecule has 3 heteroatoms. The van der Waals surface area contributed by atoms with Crippen LogP contribution in [0.1, 0.15) is 34.4 Å². The highest BCUT2D eigenvalue weighted by Crippen LogP contribution is 2.33. The van der Waals surface area contributed by atoms with Gasteiger partial charge in [-0.1, -0.05) is 18.2 Å². The summed E-state index contributed by atoms with van der Waals surface area (Å²) in [5.41, 5.74) is 2.93. The van der Waals surface area contributed by atoms with Crippen LogP contribution in [0.15, 0.2) is 34.7 Å². The standard InChI is InChI=1S/C16H17NO2/c1-10-8-13-6-4-5-7-15(13)17(10)16(18)14-9-11(2)19-12(14)3/h4-7,9-10H,8H2,1-3H3. The van der Waals surface area contributed by atoms with Gasteiger partial charge in [-0.3, -0.25) is 4.79 Å². The highest BCUT2D eigenvalue weighted by molar-refractivity contribution is 6.08. The van der Waals surface area contributed by atoms with Gasteiger partial charge in [-0.05, 0) is 44.9 Å². The molecule has 1 amide bonds. The van der Waals surface area contributed by atoms with Crippen LogP contribution in [0.25, 0.3) is 0 Å². The monoisotopic (exact) mass is 255 g/mol. The van der Waals surface area contributed by atoms with Gasteiger partial charge in [-0.25, -0.2) is 0 Å². The molecular weight excluding hydrogens is 238 g/mol. The number of hydrogen-bond acceptors (Lipinski definition) is 2. The van der Waals surface area contributed by atoms with Crippen LogP contribution in [0.5, 0.6) is 0 Å². The first-order valence-electron chi connectivity index (χ1n) is 6.56. The summed E-state index contributed by atoms with van der Waals surface area (Å²) in [5, 5.41) is 0. The maximum atomic E-state index is 12.7.